The quantitative estimate of drug-likeness (QED) is 0.362. The van der Waals surface area contributed by atoms with Gasteiger partial charge in [0, 0.05) is 31.7 Å². The van der Waals surface area contributed by atoms with Crippen molar-refractivity contribution in [2.75, 3.05) is 33.5 Å². The predicted molar refractivity (Wildman–Crippen MR) is 101 cm³/mol. The molecule has 0 aliphatic carbocycles. The van der Waals surface area contributed by atoms with E-state index >= 15 is 0 Å². The molecule has 6 heteroatoms. The zero-order chi connectivity index (χ0) is 17.2. The molecule has 0 fully saturated rings. The molecule has 0 spiro atoms. The average molecular weight is 344 g/mol. The molecule has 0 aliphatic rings. The first kappa shape index (κ1) is 18.1. The Hall–Kier alpha value is -2.21. The summed E-state index contributed by atoms with van der Waals surface area (Å²) < 4.78 is 5.62. The zero-order valence-electron chi connectivity index (χ0n) is 14.4. The van der Waals surface area contributed by atoms with Gasteiger partial charge in [0.15, 0.2) is 5.96 Å². The molecule has 0 saturated heterocycles. The Balaban J connectivity index is 1.77. The van der Waals surface area contributed by atoms with E-state index in [-0.39, 0.29) is 0 Å². The molecule has 1 heterocycles. The highest BCUT2D eigenvalue weighted by molar-refractivity contribution is 7.98. The highest BCUT2D eigenvalue weighted by Gasteiger charge is 2.06. The lowest BCUT2D eigenvalue weighted by atomic mass is 10.2. The minimum Gasteiger partial charge on any atom is -0.490 e. The van der Waals surface area contributed by atoms with Crippen molar-refractivity contribution >= 4 is 17.7 Å². The molecule has 1 aromatic carbocycles. The summed E-state index contributed by atoms with van der Waals surface area (Å²) in [7, 11) is 3.82. The Morgan fingerprint density at radius 1 is 1.29 bits per heavy atom. The van der Waals surface area contributed by atoms with Crippen molar-refractivity contribution < 1.29 is 4.74 Å². The third kappa shape index (κ3) is 5.77. The van der Waals surface area contributed by atoms with Crippen LogP contribution < -0.4 is 10.1 Å². The minimum absolute atomic E-state index is 0.557. The standard InChI is InChI=1S/C18H24N4OS/c1-19-18(21-11-12-23-16-5-4-10-20-13-16)22(2)14-15-6-8-17(24-3)9-7-15/h4-10,13H,11-12,14H2,1-3H3,(H,19,21). The topological polar surface area (TPSA) is 49.8 Å². The van der Waals surface area contributed by atoms with E-state index < -0.39 is 0 Å². The molecule has 0 amide bonds. The Morgan fingerprint density at radius 2 is 2.08 bits per heavy atom. The number of thioether (sulfide) groups is 1. The van der Waals surface area contributed by atoms with Crippen LogP contribution in [-0.2, 0) is 6.54 Å². The van der Waals surface area contributed by atoms with E-state index in [0.29, 0.717) is 13.2 Å². The van der Waals surface area contributed by atoms with Crippen LogP contribution in [-0.4, -0.2) is 49.3 Å². The van der Waals surface area contributed by atoms with Gasteiger partial charge in [-0.3, -0.25) is 9.98 Å². The lowest BCUT2D eigenvalue weighted by molar-refractivity contribution is 0.318. The number of rotatable bonds is 7. The summed E-state index contributed by atoms with van der Waals surface area (Å²) in [5.41, 5.74) is 1.25. The molecule has 128 valence electrons. The fourth-order valence-electron chi connectivity index (χ4n) is 2.23. The van der Waals surface area contributed by atoms with Gasteiger partial charge >= 0.3 is 0 Å². The summed E-state index contributed by atoms with van der Waals surface area (Å²) in [6, 6.07) is 12.4. The molecule has 1 N–H and O–H groups in total. The van der Waals surface area contributed by atoms with Gasteiger partial charge < -0.3 is 15.0 Å². The summed E-state index contributed by atoms with van der Waals surface area (Å²) in [4.78, 5) is 11.7. The van der Waals surface area contributed by atoms with Crippen LogP contribution in [0.3, 0.4) is 0 Å². The molecule has 2 aromatic rings. The molecule has 0 unspecified atom stereocenters. The van der Waals surface area contributed by atoms with Crippen LogP contribution in [0.15, 0.2) is 58.7 Å². The number of aliphatic imine (C=N–C) groups is 1. The molecule has 0 bridgehead atoms. The highest BCUT2D eigenvalue weighted by atomic mass is 32.2. The van der Waals surface area contributed by atoms with Gasteiger partial charge in [0.1, 0.15) is 12.4 Å². The van der Waals surface area contributed by atoms with Crippen molar-refractivity contribution in [3.8, 4) is 5.75 Å². The molecular formula is C18H24N4OS. The lowest BCUT2D eigenvalue weighted by Crippen LogP contribution is -2.40. The van der Waals surface area contributed by atoms with Gasteiger partial charge in [0.25, 0.3) is 0 Å². The number of hydrogen-bond acceptors (Lipinski definition) is 4. The van der Waals surface area contributed by atoms with Gasteiger partial charge in [-0.15, -0.1) is 11.8 Å². The average Bonchev–Trinajstić information content (AvgIpc) is 2.63. The highest BCUT2D eigenvalue weighted by Crippen LogP contribution is 2.15. The molecule has 2 rings (SSSR count). The first-order valence-electron chi connectivity index (χ1n) is 7.80. The van der Waals surface area contributed by atoms with E-state index in [0.717, 1.165) is 18.3 Å². The maximum atomic E-state index is 5.62. The molecule has 0 saturated carbocycles. The summed E-state index contributed by atoms with van der Waals surface area (Å²) >= 11 is 1.75. The normalized spacial score (nSPS) is 11.2. The van der Waals surface area contributed by atoms with Crippen molar-refractivity contribution in [2.45, 2.75) is 11.4 Å². The smallest absolute Gasteiger partial charge is 0.193 e. The lowest BCUT2D eigenvalue weighted by Gasteiger charge is -2.22. The van der Waals surface area contributed by atoms with E-state index in [9.17, 15) is 0 Å². The minimum atomic E-state index is 0.557. The molecule has 0 aliphatic heterocycles. The first-order valence-corrected chi connectivity index (χ1v) is 9.03. The van der Waals surface area contributed by atoms with Crippen LogP contribution in [0.1, 0.15) is 5.56 Å². The molecule has 24 heavy (non-hydrogen) atoms. The number of ether oxygens (including phenoxy) is 1. The van der Waals surface area contributed by atoms with Crippen LogP contribution in [0.4, 0.5) is 0 Å². The Labute approximate surface area is 148 Å². The summed E-state index contributed by atoms with van der Waals surface area (Å²) in [5, 5.41) is 3.31. The molecular weight excluding hydrogens is 320 g/mol. The number of benzene rings is 1. The SMILES string of the molecule is CN=C(NCCOc1cccnc1)N(C)Cc1ccc(SC)cc1. The van der Waals surface area contributed by atoms with E-state index in [4.69, 9.17) is 4.74 Å². The van der Waals surface area contributed by atoms with Crippen molar-refractivity contribution in [3.63, 3.8) is 0 Å². The number of aromatic nitrogens is 1. The van der Waals surface area contributed by atoms with Crippen molar-refractivity contribution in [3.05, 3.63) is 54.4 Å². The van der Waals surface area contributed by atoms with Crippen LogP contribution in [0.25, 0.3) is 0 Å². The number of hydrogen-bond donors (Lipinski definition) is 1. The second kappa shape index (κ2) is 9.82. The number of nitrogens with zero attached hydrogens (tertiary/aromatic N) is 3. The number of pyridine rings is 1. The maximum absolute atomic E-state index is 5.62. The van der Waals surface area contributed by atoms with E-state index in [1.807, 2.05) is 19.2 Å². The molecule has 0 atom stereocenters. The summed E-state index contributed by atoms with van der Waals surface area (Å²) in [6.45, 7) is 2.04. The summed E-state index contributed by atoms with van der Waals surface area (Å²) in [6.07, 6.45) is 5.52. The predicted octanol–water partition coefficient (Wildman–Crippen LogP) is 2.89. The van der Waals surface area contributed by atoms with Gasteiger partial charge in [-0.25, -0.2) is 0 Å². The summed E-state index contributed by atoms with van der Waals surface area (Å²) in [5.74, 6) is 1.62. The first-order chi connectivity index (χ1) is 11.7. The van der Waals surface area contributed by atoms with Gasteiger partial charge in [-0.1, -0.05) is 12.1 Å². The fraction of sp³-hybridized carbons (Fsp3) is 0.333. The number of guanidine groups is 1. The van der Waals surface area contributed by atoms with Crippen molar-refractivity contribution in [1.29, 1.82) is 0 Å². The van der Waals surface area contributed by atoms with Crippen LogP contribution in [0.5, 0.6) is 5.75 Å². The van der Waals surface area contributed by atoms with E-state index in [1.165, 1.54) is 10.5 Å². The fourth-order valence-corrected chi connectivity index (χ4v) is 2.64. The van der Waals surface area contributed by atoms with Crippen LogP contribution >= 0.6 is 11.8 Å². The largest absolute Gasteiger partial charge is 0.490 e. The molecule has 0 radical (unpaired) electrons. The maximum Gasteiger partial charge on any atom is 0.193 e. The van der Waals surface area contributed by atoms with Gasteiger partial charge in [0.05, 0.1) is 12.7 Å². The second-order valence-electron chi connectivity index (χ2n) is 5.22. The monoisotopic (exact) mass is 344 g/mol. The Kier molecular flexibility index (Phi) is 7.42. The van der Waals surface area contributed by atoms with Crippen LogP contribution in [0, 0.1) is 0 Å². The Morgan fingerprint density at radius 3 is 2.71 bits per heavy atom. The Bertz CT molecular complexity index is 631. The third-order valence-electron chi connectivity index (χ3n) is 3.44. The molecule has 1 aromatic heterocycles. The third-order valence-corrected chi connectivity index (χ3v) is 4.18. The van der Waals surface area contributed by atoms with E-state index in [2.05, 4.69) is 50.7 Å². The second-order valence-corrected chi connectivity index (χ2v) is 6.09. The van der Waals surface area contributed by atoms with Gasteiger partial charge in [0.2, 0.25) is 0 Å². The van der Waals surface area contributed by atoms with Gasteiger partial charge in [-0.05, 0) is 36.1 Å². The van der Waals surface area contributed by atoms with Crippen molar-refractivity contribution in [1.82, 2.24) is 15.2 Å². The van der Waals surface area contributed by atoms with Crippen LogP contribution in [0.2, 0.25) is 0 Å². The number of nitrogens with one attached hydrogen (secondary N) is 1. The van der Waals surface area contributed by atoms with Crippen molar-refractivity contribution in [2.24, 2.45) is 4.99 Å². The molecule has 5 nitrogen and oxygen atoms in total. The van der Waals surface area contributed by atoms with E-state index in [1.54, 1.807) is 31.2 Å². The zero-order valence-corrected chi connectivity index (χ0v) is 15.2. The van der Waals surface area contributed by atoms with Gasteiger partial charge in [-0.2, -0.15) is 0 Å².